The summed E-state index contributed by atoms with van der Waals surface area (Å²) in [6.45, 7) is -0.432. The summed E-state index contributed by atoms with van der Waals surface area (Å²) >= 11 is 0. The predicted molar refractivity (Wildman–Crippen MR) is 127 cm³/mol. The van der Waals surface area contributed by atoms with Crippen LogP contribution in [0.2, 0.25) is 0 Å². The molecule has 4 rings (SSSR count). The fourth-order valence-corrected chi connectivity index (χ4v) is 3.62. The zero-order valence-corrected chi connectivity index (χ0v) is 20.1. The molecular weight excluding hydrogens is 505 g/mol. The Morgan fingerprint density at radius 3 is 2.66 bits per heavy atom. The Morgan fingerprint density at radius 2 is 1.97 bits per heavy atom. The third kappa shape index (κ3) is 5.46. The number of hydrogen-bond acceptors (Lipinski definition) is 9. The van der Waals surface area contributed by atoms with E-state index in [1.165, 1.54) is 56.7 Å². The van der Waals surface area contributed by atoms with Crippen LogP contribution in [0.1, 0.15) is 27.4 Å². The van der Waals surface area contributed by atoms with E-state index >= 15 is 0 Å². The van der Waals surface area contributed by atoms with Crippen LogP contribution in [0.5, 0.6) is 11.5 Å². The molecular formula is C25H20FN3O9. The van der Waals surface area contributed by atoms with Gasteiger partial charge in [-0.25, -0.2) is 14.0 Å². The number of methoxy groups -OCH3 is 2. The van der Waals surface area contributed by atoms with E-state index in [4.69, 9.17) is 13.9 Å². The summed E-state index contributed by atoms with van der Waals surface area (Å²) < 4.78 is 34.2. The van der Waals surface area contributed by atoms with Gasteiger partial charge in [0.15, 0.2) is 5.75 Å². The van der Waals surface area contributed by atoms with Gasteiger partial charge in [-0.15, -0.1) is 0 Å². The molecule has 2 aromatic carbocycles. The molecule has 0 aliphatic carbocycles. The smallest absolute Gasteiger partial charge is 0.373 e. The molecule has 0 spiro atoms. The van der Waals surface area contributed by atoms with E-state index in [9.17, 15) is 28.9 Å². The number of carbonyl (C=O) groups is 3. The van der Waals surface area contributed by atoms with Crippen molar-refractivity contribution in [2.75, 3.05) is 14.2 Å². The number of nitrogens with one attached hydrogen (secondary N) is 1. The Balaban J connectivity index is 1.58. The molecule has 1 aliphatic rings. The quantitative estimate of drug-likeness (QED) is 0.145. The van der Waals surface area contributed by atoms with Crippen molar-refractivity contribution >= 4 is 29.7 Å². The van der Waals surface area contributed by atoms with Crippen molar-refractivity contribution in [1.82, 2.24) is 10.2 Å². The van der Waals surface area contributed by atoms with Gasteiger partial charge >= 0.3 is 17.7 Å². The van der Waals surface area contributed by atoms with E-state index in [-0.39, 0.29) is 47.4 Å². The van der Waals surface area contributed by atoms with Crippen LogP contribution in [-0.2, 0) is 22.7 Å². The predicted octanol–water partition coefficient (Wildman–Crippen LogP) is 3.79. The topological polar surface area (TPSA) is 150 Å². The van der Waals surface area contributed by atoms with Crippen LogP contribution in [0.25, 0.3) is 6.08 Å². The third-order valence-corrected chi connectivity index (χ3v) is 5.38. The fourth-order valence-electron chi connectivity index (χ4n) is 3.62. The summed E-state index contributed by atoms with van der Waals surface area (Å²) in [6, 6.07) is 10.1. The zero-order valence-electron chi connectivity index (χ0n) is 20.1. The molecule has 0 radical (unpaired) electrons. The van der Waals surface area contributed by atoms with E-state index in [0.29, 0.717) is 5.56 Å². The summed E-state index contributed by atoms with van der Waals surface area (Å²) in [5, 5.41) is 14.2. The van der Waals surface area contributed by atoms with Gasteiger partial charge in [-0.1, -0.05) is 12.1 Å². The average Bonchev–Trinajstić information content (AvgIpc) is 3.47. The number of nitro benzene ring substituents is 1. The monoisotopic (exact) mass is 525 g/mol. The molecule has 1 N–H and O–H groups in total. The Morgan fingerprint density at radius 1 is 1.18 bits per heavy atom. The van der Waals surface area contributed by atoms with Gasteiger partial charge in [0.2, 0.25) is 11.5 Å². The highest BCUT2D eigenvalue weighted by molar-refractivity contribution is 6.13. The van der Waals surface area contributed by atoms with Gasteiger partial charge in [-0.3, -0.25) is 19.8 Å². The Hall–Kier alpha value is -5.20. The lowest BCUT2D eigenvalue weighted by Gasteiger charge is -2.12. The van der Waals surface area contributed by atoms with E-state index in [2.05, 4.69) is 10.1 Å². The SMILES string of the molecule is COC(=O)c1ccc(CN2C(=O)N/C(=C\c3cc(OC)c(OCc4cccc(F)c4)c([N+](=O)[O-])c3)C2=O)o1. The first-order chi connectivity index (χ1) is 18.2. The van der Waals surface area contributed by atoms with Crippen LogP contribution >= 0.6 is 0 Å². The summed E-state index contributed by atoms with van der Waals surface area (Å²) in [4.78, 5) is 48.8. The standard InChI is InChI=1S/C25H20FN3O9/c1-35-21-11-15(10-19(29(33)34)22(21)37-13-14-4-3-5-16(26)8-14)9-18-23(30)28(25(32)27-18)12-17-6-7-20(38-17)24(31)36-2/h3-11H,12-13H2,1-2H3,(H,27,32)/b18-9-. The van der Waals surface area contributed by atoms with Gasteiger partial charge in [-0.05, 0) is 47.5 Å². The Bertz CT molecular complexity index is 1460. The normalized spacial score (nSPS) is 14.0. The highest BCUT2D eigenvalue weighted by Crippen LogP contribution is 2.39. The number of esters is 1. The molecule has 1 fully saturated rings. The maximum absolute atomic E-state index is 13.5. The number of carbonyl (C=O) groups excluding carboxylic acids is 3. The molecule has 3 amide bonds. The highest BCUT2D eigenvalue weighted by atomic mass is 19.1. The first-order valence-electron chi connectivity index (χ1n) is 11.0. The number of halogens is 1. The van der Waals surface area contributed by atoms with Crippen LogP contribution in [0.3, 0.4) is 0 Å². The number of amides is 3. The van der Waals surface area contributed by atoms with Crippen molar-refractivity contribution in [3.63, 3.8) is 0 Å². The molecule has 13 heteroatoms. The number of imide groups is 1. The molecule has 2 heterocycles. The van der Waals surface area contributed by atoms with E-state index in [1.54, 1.807) is 6.07 Å². The van der Waals surface area contributed by atoms with Gasteiger partial charge in [0.1, 0.15) is 23.9 Å². The molecule has 0 unspecified atom stereocenters. The number of urea groups is 1. The van der Waals surface area contributed by atoms with Gasteiger partial charge in [0, 0.05) is 6.07 Å². The molecule has 1 aromatic heterocycles. The maximum Gasteiger partial charge on any atom is 0.373 e. The number of nitro groups is 1. The zero-order chi connectivity index (χ0) is 27.4. The molecule has 12 nitrogen and oxygen atoms in total. The molecule has 0 bridgehead atoms. The van der Waals surface area contributed by atoms with Crippen LogP contribution in [-0.4, -0.2) is 42.0 Å². The van der Waals surface area contributed by atoms with E-state index < -0.39 is 34.3 Å². The summed E-state index contributed by atoms with van der Waals surface area (Å²) in [6.07, 6.45) is 1.24. The molecule has 3 aromatic rings. The number of ether oxygens (including phenoxy) is 3. The second-order valence-electron chi connectivity index (χ2n) is 7.88. The minimum absolute atomic E-state index is 0.0120. The lowest BCUT2D eigenvalue weighted by atomic mass is 10.1. The van der Waals surface area contributed by atoms with Crippen molar-refractivity contribution in [3.05, 3.63) is 92.8 Å². The largest absolute Gasteiger partial charge is 0.493 e. The number of rotatable bonds is 9. The van der Waals surface area contributed by atoms with E-state index in [1.807, 2.05) is 0 Å². The van der Waals surface area contributed by atoms with Crippen LogP contribution in [0.4, 0.5) is 14.9 Å². The second kappa shape index (κ2) is 10.8. The minimum Gasteiger partial charge on any atom is -0.493 e. The number of hydrogen-bond donors (Lipinski definition) is 1. The first kappa shape index (κ1) is 25.9. The maximum atomic E-state index is 13.5. The summed E-state index contributed by atoms with van der Waals surface area (Å²) in [5.74, 6) is -2.06. The number of furan rings is 1. The average molecular weight is 525 g/mol. The van der Waals surface area contributed by atoms with Gasteiger partial charge in [-0.2, -0.15) is 0 Å². The van der Waals surface area contributed by atoms with Gasteiger partial charge in [0.05, 0.1) is 25.7 Å². The summed E-state index contributed by atoms with van der Waals surface area (Å²) in [5.41, 5.74) is -0.00279. The lowest BCUT2D eigenvalue weighted by molar-refractivity contribution is -0.386. The van der Waals surface area contributed by atoms with Crippen molar-refractivity contribution in [2.45, 2.75) is 13.2 Å². The Labute approximate surface area is 214 Å². The molecule has 38 heavy (non-hydrogen) atoms. The van der Waals surface area contributed by atoms with Gasteiger partial charge in [0.25, 0.3) is 5.91 Å². The fraction of sp³-hybridized carbons (Fsp3) is 0.160. The van der Waals surface area contributed by atoms with Gasteiger partial charge < -0.3 is 23.9 Å². The number of nitrogens with zero attached hydrogens (tertiary/aromatic N) is 2. The lowest BCUT2D eigenvalue weighted by Crippen LogP contribution is -2.30. The molecule has 0 saturated carbocycles. The van der Waals surface area contributed by atoms with Crippen LogP contribution < -0.4 is 14.8 Å². The van der Waals surface area contributed by atoms with Crippen LogP contribution in [0, 0.1) is 15.9 Å². The third-order valence-electron chi connectivity index (χ3n) is 5.38. The summed E-state index contributed by atoms with van der Waals surface area (Å²) in [7, 11) is 2.46. The molecule has 0 atom stereocenters. The van der Waals surface area contributed by atoms with Crippen molar-refractivity contribution < 1.29 is 42.3 Å². The Kier molecular flexibility index (Phi) is 7.37. The first-order valence-corrected chi connectivity index (χ1v) is 11.0. The molecule has 1 aliphatic heterocycles. The van der Waals surface area contributed by atoms with Crippen molar-refractivity contribution in [1.29, 1.82) is 0 Å². The molecule has 196 valence electrons. The van der Waals surface area contributed by atoms with Crippen molar-refractivity contribution in [2.24, 2.45) is 0 Å². The second-order valence-corrected chi connectivity index (χ2v) is 7.88. The van der Waals surface area contributed by atoms with Crippen LogP contribution in [0.15, 0.2) is 58.6 Å². The highest BCUT2D eigenvalue weighted by Gasteiger charge is 2.35. The minimum atomic E-state index is -0.756. The van der Waals surface area contributed by atoms with Crippen molar-refractivity contribution in [3.8, 4) is 11.5 Å². The number of benzene rings is 2. The van der Waals surface area contributed by atoms with E-state index in [0.717, 1.165) is 11.0 Å². The molecule has 1 saturated heterocycles.